The van der Waals surface area contributed by atoms with Crippen molar-refractivity contribution >= 4 is 100 Å². The van der Waals surface area contributed by atoms with Crippen molar-refractivity contribution in [3.05, 3.63) is 81.7 Å². The quantitative estimate of drug-likeness (QED) is 0.0390. The van der Waals surface area contributed by atoms with E-state index in [1.54, 1.807) is 68.1 Å². The van der Waals surface area contributed by atoms with E-state index in [0.717, 1.165) is 22.4 Å². The van der Waals surface area contributed by atoms with Crippen LogP contribution in [-0.4, -0.2) is 99.9 Å². The molecule has 4 N–H and O–H groups in total. The zero-order valence-corrected chi connectivity index (χ0v) is 35.7. The number of oxime groups is 1. The number of carbonyl (C=O) groups is 6. The van der Waals surface area contributed by atoms with Crippen LogP contribution in [0.1, 0.15) is 39.0 Å². The molecule has 0 bridgehead atoms. The summed E-state index contributed by atoms with van der Waals surface area (Å²) in [6.07, 6.45) is 1.29. The Hall–Kier alpha value is -6.13. The SMILES string of the molecule is [B]OC(=O)[C@H](C)O/N=C(\C(=O)NC1C(=O)N2C(C(=O)OCc3ccc(OC)cc3)=C(C[n+]3cccc4c3ccn4CC(N)=O)CSC12)c1nc(NC(=O)OC(C)(C)C)sc1Cl. The normalized spacial score (nSPS) is 16.9. The predicted molar refractivity (Wildman–Crippen MR) is 222 cm³/mol. The molecule has 0 spiro atoms. The van der Waals surface area contributed by atoms with Gasteiger partial charge in [0.2, 0.25) is 17.5 Å². The number of nitrogens with two attached hydrogens (primary N) is 1. The van der Waals surface area contributed by atoms with Gasteiger partial charge in [0.05, 0.1) is 7.11 Å². The van der Waals surface area contributed by atoms with Crippen LogP contribution in [0.5, 0.6) is 5.75 Å². The molecule has 23 heteroatoms. The zero-order valence-electron chi connectivity index (χ0n) is 33.3. The minimum absolute atomic E-state index is 0.000540. The lowest BCUT2D eigenvalue weighted by molar-refractivity contribution is -0.663. The number of rotatable bonds is 15. The number of fused-ring (bicyclic) bond motifs is 2. The number of thioether (sulfide) groups is 1. The van der Waals surface area contributed by atoms with E-state index < -0.39 is 64.6 Å². The molecule has 3 aromatic heterocycles. The maximum Gasteiger partial charge on any atom is 0.413 e. The molecule has 0 aliphatic carbocycles. The van der Waals surface area contributed by atoms with Crippen LogP contribution in [0.25, 0.3) is 11.0 Å². The van der Waals surface area contributed by atoms with E-state index in [2.05, 4.69) is 25.4 Å². The highest BCUT2D eigenvalue weighted by atomic mass is 35.5. The molecule has 4 aromatic rings. The molecule has 19 nitrogen and oxygen atoms in total. The number of methoxy groups -OCH3 is 1. The van der Waals surface area contributed by atoms with Gasteiger partial charge in [-0.25, -0.2) is 19.4 Å². The number of thiazole rings is 1. The van der Waals surface area contributed by atoms with E-state index >= 15 is 0 Å². The number of nitrogens with zero attached hydrogens (tertiary/aromatic N) is 5. The number of nitrogens with one attached hydrogen (secondary N) is 2. The lowest BCUT2D eigenvalue weighted by Crippen LogP contribution is -2.71. The smallest absolute Gasteiger partial charge is 0.413 e. The molecule has 3 atom stereocenters. The van der Waals surface area contributed by atoms with E-state index in [-0.39, 0.29) is 46.3 Å². The fourth-order valence-corrected chi connectivity index (χ4v) is 8.53. The summed E-state index contributed by atoms with van der Waals surface area (Å²) in [5.74, 6) is -3.10. The fraction of sp³-hybridized carbons (Fsp3) is 0.342. The van der Waals surface area contributed by atoms with Gasteiger partial charge >= 0.3 is 26.1 Å². The Balaban J connectivity index is 1.28. The van der Waals surface area contributed by atoms with Crippen molar-refractivity contribution in [2.45, 2.75) is 70.5 Å². The molecule has 2 unspecified atom stereocenters. The second-order valence-electron chi connectivity index (χ2n) is 14.4. The molecule has 6 rings (SSSR count). The first kappa shape index (κ1) is 44.4. The summed E-state index contributed by atoms with van der Waals surface area (Å²) in [6.45, 7) is 6.25. The van der Waals surface area contributed by atoms with Crippen molar-refractivity contribution < 1.29 is 57.0 Å². The molecule has 1 saturated heterocycles. The van der Waals surface area contributed by atoms with Crippen LogP contribution in [0, 0.1) is 0 Å². The molecule has 4 amide bonds. The lowest BCUT2D eigenvalue weighted by atomic mass is 10.0. The minimum Gasteiger partial charge on any atom is -0.541 e. The number of benzene rings is 1. The molecule has 0 saturated carbocycles. The van der Waals surface area contributed by atoms with Crippen LogP contribution < -0.4 is 25.7 Å². The van der Waals surface area contributed by atoms with Gasteiger partial charge in [-0.05, 0) is 51.5 Å². The Bertz CT molecular complexity index is 2450. The number of hydrogen-bond acceptors (Lipinski definition) is 15. The molecular weight excluding hydrogens is 855 g/mol. The molecule has 5 heterocycles. The van der Waals surface area contributed by atoms with Crippen molar-refractivity contribution in [3.63, 3.8) is 0 Å². The Labute approximate surface area is 362 Å². The highest BCUT2D eigenvalue weighted by Crippen LogP contribution is 2.41. The third kappa shape index (κ3) is 10.3. The summed E-state index contributed by atoms with van der Waals surface area (Å²) in [5.41, 5.74) is 6.48. The number of anilines is 1. The third-order valence-electron chi connectivity index (χ3n) is 8.94. The largest absolute Gasteiger partial charge is 0.541 e. The van der Waals surface area contributed by atoms with Crippen molar-refractivity contribution in [2.75, 3.05) is 18.2 Å². The van der Waals surface area contributed by atoms with Gasteiger partial charge in [0.15, 0.2) is 23.6 Å². The number of aromatic nitrogens is 3. The average Bonchev–Trinajstić information content (AvgIpc) is 3.79. The van der Waals surface area contributed by atoms with Crippen molar-refractivity contribution in [1.82, 2.24) is 19.8 Å². The number of pyridine rings is 1. The first-order chi connectivity index (χ1) is 29.0. The molecule has 318 valence electrons. The van der Waals surface area contributed by atoms with Gasteiger partial charge in [-0.3, -0.25) is 24.6 Å². The second kappa shape index (κ2) is 18.6. The Kier molecular flexibility index (Phi) is 13.6. The van der Waals surface area contributed by atoms with Gasteiger partial charge in [-0.2, -0.15) is 4.57 Å². The van der Waals surface area contributed by atoms with Gasteiger partial charge in [0.25, 0.3) is 11.8 Å². The molecule has 2 radical (unpaired) electrons. The zero-order chi connectivity index (χ0) is 44.2. The van der Waals surface area contributed by atoms with Crippen molar-refractivity contribution in [3.8, 4) is 5.75 Å². The summed E-state index contributed by atoms with van der Waals surface area (Å²) in [4.78, 5) is 89.1. The molecular formula is C38H39BClN8O11S2+. The molecule has 1 fully saturated rings. The highest BCUT2D eigenvalue weighted by molar-refractivity contribution is 8.00. The van der Waals surface area contributed by atoms with Crippen LogP contribution in [0.3, 0.4) is 0 Å². The maximum absolute atomic E-state index is 14.1. The number of carbonyl (C=O) groups excluding carboxylic acids is 6. The number of esters is 1. The molecule has 1 aromatic carbocycles. The van der Waals surface area contributed by atoms with E-state index in [1.807, 2.05) is 16.7 Å². The summed E-state index contributed by atoms with van der Waals surface area (Å²) in [7, 11) is 6.51. The standard InChI is InChI=1S/C38H38BClN8O11S2/c1-19(34(52)58-39)59-45-27(26-30(40)61-36(43-26)44-37(54)57-38(2,3)4)31(50)42-28-32(51)48-29(35(53)56-17-20-8-10-22(55-5)11-9-20)21(18-60-33(28)48)15-46-13-6-7-23-24(46)12-14-47(23)16-25(41)49/h6-14,19,28,33H,15-18H2,1-5H3,(H3-,41,42,43,44,49,50,54)/p+1/b45-27-/t19-,28?,33?/m0/s1. The van der Waals surface area contributed by atoms with Gasteiger partial charge in [-0.1, -0.05) is 40.2 Å². The topological polar surface area (TPSA) is 236 Å². The van der Waals surface area contributed by atoms with Crippen LogP contribution in [0.15, 0.2) is 71.3 Å². The molecule has 61 heavy (non-hydrogen) atoms. The lowest BCUT2D eigenvalue weighted by Gasteiger charge is -2.49. The maximum atomic E-state index is 14.1. The predicted octanol–water partition coefficient (Wildman–Crippen LogP) is 2.71. The molecule has 2 aliphatic heterocycles. The van der Waals surface area contributed by atoms with Crippen LogP contribution in [0.2, 0.25) is 4.34 Å². The summed E-state index contributed by atoms with van der Waals surface area (Å²) < 4.78 is 23.9. The highest BCUT2D eigenvalue weighted by Gasteiger charge is 2.55. The summed E-state index contributed by atoms with van der Waals surface area (Å²) in [5, 5.41) is 8.06. The average molecular weight is 894 g/mol. The number of hydrogen-bond donors (Lipinski definition) is 3. The van der Waals surface area contributed by atoms with E-state index in [0.29, 0.717) is 16.9 Å². The van der Waals surface area contributed by atoms with Gasteiger partial charge in [0.1, 0.15) is 57.2 Å². The first-order valence-electron chi connectivity index (χ1n) is 18.3. The fourth-order valence-electron chi connectivity index (χ4n) is 6.16. The second-order valence-corrected chi connectivity index (χ2v) is 17.2. The van der Waals surface area contributed by atoms with Crippen LogP contribution >= 0.6 is 34.7 Å². The number of primary amides is 1. The third-order valence-corrected chi connectivity index (χ3v) is 11.4. The van der Waals surface area contributed by atoms with Crippen LogP contribution in [-0.2, 0) is 62.6 Å². The van der Waals surface area contributed by atoms with E-state index in [1.165, 1.54) is 30.7 Å². The number of ether oxygens (including phenoxy) is 3. The van der Waals surface area contributed by atoms with Gasteiger partial charge in [-0.15, -0.1) is 11.8 Å². The van der Waals surface area contributed by atoms with E-state index in [9.17, 15) is 28.8 Å². The number of β-lactam (4-membered cyclic amide) rings is 1. The molecule has 2 aliphatic rings. The Morgan fingerprint density at radius 1 is 1.15 bits per heavy atom. The van der Waals surface area contributed by atoms with Gasteiger partial charge < -0.3 is 39.3 Å². The van der Waals surface area contributed by atoms with Gasteiger partial charge in [0, 0.05) is 29.7 Å². The van der Waals surface area contributed by atoms with Crippen LogP contribution in [0.4, 0.5) is 9.93 Å². The van der Waals surface area contributed by atoms with Crippen molar-refractivity contribution in [2.24, 2.45) is 10.9 Å². The van der Waals surface area contributed by atoms with E-state index in [4.69, 9.17) is 44.4 Å². The monoisotopic (exact) mass is 893 g/mol. The summed E-state index contributed by atoms with van der Waals surface area (Å²) >= 11 is 8.55. The number of amides is 4. The Morgan fingerprint density at radius 2 is 1.89 bits per heavy atom. The van der Waals surface area contributed by atoms with Crippen molar-refractivity contribution in [1.29, 1.82) is 0 Å². The Morgan fingerprint density at radius 3 is 2.56 bits per heavy atom. The first-order valence-corrected chi connectivity index (χ1v) is 20.6. The minimum atomic E-state index is -1.39. The number of halogens is 1. The summed E-state index contributed by atoms with van der Waals surface area (Å²) in [6, 6.07) is 11.1.